The van der Waals surface area contributed by atoms with E-state index in [4.69, 9.17) is 11.6 Å². The minimum absolute atomic E-state index is 0.0588. The smallest absolute Gasteiger partial charge is 0.230 e. The highest BCUT2D eigenvalue weighted by molar-refractivity contribution is 7.14. The van der Waals surface area contributed by atoms with Gasteiger partial charge in [-0.25, -0.2) is 4.39 Å². The summed E-state index contributed by atoms with van der Waals surface area (Å²) < 4.78 is 13.9. The number of rotatable bonds is 2. The third-order valence-corrected chi connectivity index (χ3v) is 4.36. The molecule has 4 rings (SSSR count). The maximum absolute atomic E-state index is 13.2. The van der Waals surface area contributed by atoms with Crippen molar-refractivity contribution in [3.63, 3.8) is 0 Å². The summed E-state index contributed by atoms with van der Waals surface area (Å²) in [5.41, 5.74) is -0.722. The number of halogens is 2. The predicted octanol–water partition coefficient (Wildman–Crippen LogP) is 3.23. The van der Waals surface area contributed by atoms with Crippen molar-refractivity contribution in [1.82, 2.24) is 0 Å². The molecule has 1 aromatic rings. The molecular formula is C10H9ClFNOS. The van der Waals surface area contributed by atoms with Gasteiger partial charge in [-0.2, -0.15) is 0 Å². The number of carbonyl (C=O) groups excluding carboxylic acids is 1. The molecule has 5 heteroatoms. The molecule has 0 radical (unpaired) electrons. The van der Waals surface area contributed by atoms with Gasteiger partial charge in [-0.3, -0.25) is 4.79 Å². The number of thiophene rings is 1. The average Bonchev–Trinajstić information content (AvgIpc) is 2.43. The van der Waals surface area contributed by atoms with Crippen molar-refractivity contribution < 1.29 is 9.18 Å². The normalized spacial score (nSPS) is 36.7. The van der Waals surface area contributed by atoms with E-state index in [0.29, 0.717) is 29.3 Å². The lowest BCUT2D eigenvalue weighted by atomic mass is 9.42. The van der Waals surface area contributed by atoms with Crippen molar-refractivity contribution in [2.75, 3.05) is 5.32 Å². The van der Waals surface area contributed by atoms with E-state index >= 15 is 0 Å². The lowest BCUT2D eigenvalue weighted by Crippen LogP contribution is -2.68. The van der Waals surface area contributed by atoms with E-state index in [1.807, 2.05) is 0 Å². The first kappa shape index (κ1) is 9.60. The third-order valence-electron chi connectivity index (χ3n) is 3.27. The van der Waals surface area contributed by atoms with E-state index in [1.165, 1.54) is 11.3 Å². The Balaban J connectivity index is 1.68. The fraction of sp³-hybridized carbons (Fsp3) is 0.500. The summed E-state index contributed by atoms with van der Waals surface area (Å²) in [7, 11) is 0. The quantitative estimate of drug-likeness (QED) is 0.852. The Morgan fingerprint density at radius 1 is 1.53 bits per heavy atom. The number of carbonyl (C=O) groups is 1. The highest BCUT2D eigenvalue weighted by atomic mass is 35.5. The first-order valence-electron chi connectivity index (χ1n) is 4.76. The molecule has 1 heterocycles. The maximum atomic E-state index is 13.2. The molecule has 3 aliphatic rings. The fourth-order valence-corrected chi connectivity index (χ4v) is 3.36. The molecule has 0 saturated heterocycles. The van der Waals surface area contributed by atoms with Gasteiger partial charge in [0.15, 0.2) is 0 Å². The molecule has 80 valence electrons. The van der Waals surface area contributed by atoms with Gasteiger partial charge in [0.2, 0.25) is 5.91 Å². The van der Waals surface area contributed by atoms with E-state index in [1.54, 1.807) is 11.4 Å². The lowest BCUT2D eigenvalue weighted by molar-refractivity contribution is -0.209. The van der Waals surface area contributed by atoms with Crippen molar-refractivity contribution in [3.05, 3.63) is 15.8 Å². The van der Waals surface area contributed by atoms with Crippen LogP contribution in [0.5, 0.6) is 0 Å². The zero-order valence-corrected chi connectivity index (χ0v) is 9.42. The molecule has 0 unspecified atom stereocenters. The van der Waals surface area contributed by atoms with Gasteiger partial charge < -0.3 is 5.32 Å². The molecule has 1 N–H and O–H groups in total. The standard InChI is InChI=1S/C10H9ClFNOS/c11-7-1-6(2-15-7)13-8(14)9-3-10(12,4-9)5-9/h1-2H,3-5H2,(H,13,14). The Labute approximate surface area is 95.4 Å². The monoisotopic (exact) mass is 245 g/mol. The van der Waals surface area contributed by atoms with Crippen LogP contribution in [0.2, 0.25) is 4.34 Å². The van der Waals surface area contributed by atoms with Gasteiger partial charge in [0, 0.05) is 5.38 Å². The molecular weight excluding hydrogens is 237 g/mol. The Hall–Kier alpha value is -0.610. The van der Waals surface area contributed by atoms with Gasteiger partial charge in [-0.05, 0) is 25.3 Å². The first-order valence-corrected chi connectivity index (χ1v) is 6.02. The van der Waals surface area contributed by atoms with Gasteiger partial charge in [-0.1, -0.05) is 11.6 Å². The SMILES string of the molecule is O=C(Nc1csc(Cl)c1)C12CC(F)(C1)C2. The van der Waals surface area contributed by atoms with Gasteiger partial charge in [-0.15, -0.1) is 11.3 Å². The van der Waals surface area contributed by atoms with Crippen LogP contribution in [0.1, 0.15) is 19.3 Å². The molecule has 2 bridgehead atoms. The highest BCUT2D eigenvalue weighted by Crippen LogP contribution is 2.69. The number of anilines is 1. The zero-order valence-electron chi connectivity index (χ0n) is 7.85. The predicted molar refractivity (Wildman–Crippen MR) is 58.1 cm³/mol. The molecule has 3 aliphatic carbocycles. The summed E-state index contributed by atoms with van der Waals surface area (Å²) in [5.74, 6) is -0.0588. The van der Waals surface area contributed by atoms with Crippen LogP contribution in [-0.4, -0.2) is 11.6 Å². The fourth-order valence-electron chi connectivity index (χ4n) is 2.54. The van der Waals surface area contributed by atoms with Gasteiger partial charge >= 0.3 is 0 Å². The molecule has 0 aliphatic heterocycles. The summed E-state index contributed by atoms with van der Waals surface area (Å²) in [6.45, 7) is 0. The topological polar surface area (TPSA) is 29.1 Å². The summed E-state index contributed by atoms with van der Waals surface area (Å²) in [6, 6.07) is 1.71. The second-order valence-corrected chi connectivity index (χ2v) is 6.10. The Morgan fingerprint density at radius 3 is 2.67 bits per heavy atom. The summed E-state index contributed by atoms with van der Waals surface area (Å²) in [4.78, 5) is 11.8. The van der Waals surface area contributed by atoms with Crippen LogP contribution in [0.3, 0.4) is 0 Å². The molecule has 3 saturated carbocycles. The number of nitrogens with one attached hydrogen (secondary N) is 1. The van der Waals surface area contributed by atoms with Crippen molar-refractivity contribution >= 4 is 34.5 Å². The lowest BCUT2D eigenvalue weighted by Gasteiger charge is -2.64. The van der Waals surface area contributed by atoms with Gasteiger partial charge in [0.25, 0.3) is 0 Å². The van der Waals surface area contributed by atoms with E-state index in [0.717, 1.165) is 0 Å². The molecule has 2 nitrogen and oxygen atoms in total. The maximum Gasteiger partial charge on any atom is 0.230 e. The van der Waals surface area contributed by atoms with E-state index in [2.05, 4.69) is 5.32 Å². The van der Waals surface area contributed by atoms with Crippen LogP contribution < -0.4 is 5.32 Å². The molecule has 3 fully saturated rings. The first-order chi connectivity index (χ1) is 7.01. The second-order valence-electron chi connectivity index (χ2n) is 4.56. The average molecular weight is 246 g/mol. The van der Waals surface area contributed by atoms with Crippen LogP contribution in [-0.2, 0) is 4.79 Å². The van der Waals surface area contributed by atoms with Crippen molar-refractivity contribution in [1.29, 1.82) is 0 Å². The minimum atomic E-state index is -1.02. The van der Waals surface area contributed by atoms with Crippen molar-refractivity contribution in [3.8, 4) is 0 Å². The Bertz CT molecular complexity index is 425. The van der Waals surface area contributed by atoms with Crippen LogP contribution >= 0.6 is 22.9 Å². The van der Waals surface area contributed by atoms with E-state index < -0.39 is 11.1 Å². The van der Waals surface area contributed by atoms with Crippen molar-refractivity contribution in [2.45, 2.75) is 24.9 Å². The number of amides is 1. The molecule has 0 spiro atoms. The van der Waals surface area contributed by atoms with Gasteiger partial charge in [0.05, 0.1) is 15.4 Å². The molecule has 0 atom stereocenters. The zero-order chi connectivity index (χ0) is 10.7. The van der Waals surface area contributed by atoms with Crippen LogP contribution in [0.25, 0.3) is 0 Å². The number of alkyl halides is 1. The number of hydrogen-bond donors (Lipinski definition) is 1. The van der Waals surface area contributed by atoms with Crippen LogP contribution in [0.4, 0.5) is 10.1 Å². The van der Waals surface area contributed by atoms with Gasteiger partial charge in [0.1, 0.15) is 5.67 Å². The molecule has 1 amide bonds. The summed E-state index contributed by atoms with van der Waals surface area (Å²) >= 11 is 7.12. The molecule has 0 aromatic carbocycles. The highest BCUT2D eigenvalue weighted by Gasteiger charge is 2.72. The largest absolute Gasteiger partial charge is 0.325 e. The van der Waals surface area contributed by atoms with Crippen LogP contribution in [0, 0.1) is 5.41 Å². The molecule has 1 aromatic heterocycles. The Kier molecular flexibility index (Phi) is 1.75. The minimum Gasteiger partial charge on any atom is -0.325 e. The van der Waals surface area contributed by atoms with E-state index in [9.17, 15) is 9.18 Å². The van der Waals surface area contributed by atoms with Crippen LogP contribution in [0.15, 0.2) is 11.4 Å². The summed E-state index contributed by atoms with van der Waals surface area (Å²) in [5, 5.41) is 4.57. The van der Waals surface area contributed by atoms with Crippen molar-refractivity contribution in [2.24, 2.45) is 5.41 Å². The molecule has 15 heavy (non-hydrogen) atoms. The second kappa shape index (κ2) is 2.74. The number of hydrogen-bond acceptors (Lipinski definition) is 2. The summed E-state index contributed by atoms with van der Waals surface area (Å²) in [6.07, 6.45) is 1.18. The Morgan fingerprint density at radius 2 is 2.20 bits per heavy atom. The third kappa shape index (κ3) is 1.31. The van der Waals surface area contributed by atoms with E-state index in [-0.39, 0.29) is 5.91 Å².